The molecule has 1 amide bonds. The highest BCUT2D eigenvalue weighted by Crippen LogP contribution is 2.32. The molecule has 2 heterocycles. The Balaban J connectivity index is 1.61. The maximum atomic E-state index is 12.5. The zero-order valence-electron chi connectivity index (χ0n) is 13.2. The summed E-state index contributed by atoms with van der Waals surface area (Å²) in [6, 6.07) is 0.536. The summed E-state index contributed by atoms with van der Waals surface area (Å²) in [4.78, 5) is 16.4. The normalized spacial score (nSPS) is 25.8. The van der Waals surface area contributed by atoms with Crippen molar-refractivity contribution in [2.75, 3.05) is 19.6 Å². The van der Waals surface area contributed by atoms with Crippen LogP contribution >= 0.6 is 11.3 Å². The van der Waals surface area contributed by atoms with Gasteiger partial charge in [0.15, 0.2) is 0 Å². The number of nitrogens with one attached hydrogen (secondary N) is 1. The maximum Gasteiger partial charge on any atom is 0.252 e. The smallest absolute Gasteiger partial charge is 0.252 e. The number of carbonyl (C=O) groups excluding carboxylic acids is 1. The Morgan fingerprint density at radius 2 is 2.33 bits per heavy atom. The van der Waals surface area contributed by atoms with Gasteiger partial charge in [-0.3, -0.25) is 9.69 Å². The molecule has 4 heteroatoms. The van der Waals surface area contributed by atoms with Gasteiger partial charge in [-0.2, -0.15) is 0 Å². The van der Waals surface area contributed by atoms with E-state index in [0.29, 0.717) is 6.04 Å². The van der Waals surface area contributed by atoms with Gasteiger partial charge in [-0.1, -0.05) is 13.8 Å². The fourth-order valence-electron chi connectivity index (χ4n) is 3.72. The number of amides is 1. The molecule has 3 nitrogen and oxygen atoms in total. The third kappa shape index (κ3) is 3.16. The van der Waals surface area contributed by atoms with Crippen LogP contribution < -0.4 is 5.32 Å². The van der Waals surface area contributed by atoms with E-state index in [4.69, 9.17) is 0 Å². The molecule has 21 heavy (non-hydrogen) atoms. The van der Waals surface area contributed by atoms with Crippen molar-refractivity contribution >= 4 is 17.2 Å². The van der Waals surface area contributed by atoms with Crippen LogP contribution in [0.3, 0.4) is 0 Å². The number of likely N-dealkylation sites (tertiary alicyclic amines) is 1. The van der Waals surface area contributed by atoms with Crippen LogP contribution in [0.25, 0.3) is 0 Å². The van der Waals surface area contributed by atoms with Gasteiger partial charge >= 0.3 is 0 Å². The Morgan fingerprint density at radius 1 is 1.48 bits per heavy atom. The highest BCUT2D eigenvalue weighted by molar-refractivity contribution is 7.10. The monoisotopic (exact) mass is 306 g/mol. The zero-order valence-corrected chi connectivity index (χ0v) is 14.0. The van der Waals surface area contributed by atoms with Crippen LogP contribution in [0, 0.1) is 5.92 Å². The van der Waals surface area contributed by atoms with E-state index in [1.165, 1.54) is 36.2 Å². The zero-order chi connectivity index (χ0) is 14.8. The predicted molar refractivity (Wildman–Crippen MR) is 88.1 cm³/mol. The number of hydrogen-bond donors (Lipinski definition) is 1. The number of carbonyl (C=O) groups is 1. The first-order chi connectivity index (χ1) is 10.2. The van der Waals surface area contributed by atoms with Gasteiger partial charge < -0.3 is 5.32 Å². The van der Waals surface area contributed by atoms with Crippen molar-refractivity contribution in [2.24, 2.45) is 5.92 Å². The lowest BCUT2D eigenvalue weighted by Crippen LogP contribution is -2.40. The van der Waals surface area contributed by atoms with Crippen LogP contribution in [0.5, 0.6) is 0 Å². The van der Waals surface area contributed by atoms with Crippen LogP contribution in [-0.2, 0) is 12.8 Å². The van der Waals surface area contributed by atoms with Gasteiger partial charge in [0.1, 0.15) is 0 Å². The first kappa shape index (κ1) is 15.0. The third-order valence-electron chi connectivity index (χ3n) is 5.05. The lowest BCUT2D eigenvalue weighted by atomic mass is 9.88. The summed E-state index contributed by atoms with van der Waals surface area (Å²) in [5.74, 6) is 0.911. The Hall–Kier alpha value is -0.870. The molecule has 3 rings (SSSR count). The topological polar surface area (TPSA) is 32.3 Å². The second-order valence-electron chi connectivity index (χ2n) is 6.53. The maximum absolute atomic E-state index is 12.5. The summed E-state index contributed by atoms with van der Waals surface area (Å²) in [6.07, 6.45) is 5.93. The molecule has 1 aromatic heterocycles. The third-order valence-corrected chi connectivity index (χ3v) is 6.10. The van der Waals surface area contributed by atoms with Gasteiger partial charge in [-0.15, -0.1) is 11.3 Å². The molecule has 1 saturated heterocycles. The van der Waals surface area contributed by atoms with Crippen molar-refractivity contribution in [2.45, 2.75) is 52.0 Å². The standard InChI is InChI=1S/C17H26N2OS/c1-3-19-8-4-5-13(19)10-18-17(20)15-11-21-16-9-12(2)6-7-14(15)16/h11-13H,3-10H2,1-2H3,(H,18,20). The Kier molecular flexibility index (Phi) is 4.65. The fraction of sp³-hybridized carbons (Fsp3) is 0.706. The molecule has 0 aromatic carbocycles. The van der Waals surface area contributed by atoms with Gasteiger partial charge in [0.05, 0.1) is 5.56 Å². The molecule has 2 unspecified atom stereocenters. The van der Waals surface area contributed by atoms with E-state index in [9.17, 15) is 4.79 Å². The van der Waals surface area contributed by atoms with E-state index in [-0.39, 0.29) is 5.91 Å². The van der Waals surface area contributed by atoms with Crippen LogP contribution in [0.4, 0.5) is 0 Å². The molecular formula is C17H26N2OS. The molecule has 2 atom stereocenters. The van der Waals surface area contributed by atoms with Gasteiger partial charge in [0.2, 0.25) is 0 Å². The highest BCUT2D eigenvalue weighted by atomic mass is 32.1. The fourth-order valence-corrected chi connectivity index (χ4v) is 4.96. The lowest BCUT2D eigenvalue weighted by Gasteiger charge is -2.23. The predicted octanol–water partition coefficient (Wildman–Crippen LogP) is 3.09. The quantitative estimate of drug-likeness (QED) is 0.927. The van der Waals surface area contributed by atoms with E-state index in [0.717, 1.165) is 37.4 Å². The molecular weight excluding hydrogens is 280 g/mol. The highest BCUT2D eigenvalue weighted by Gasteiger charge is 2.26. The Morgan fingerprint density at radius 3 is 3.14 bits per heavy atom. The number of thiophene rings is 1. The molecule has 0 saturated carbocycles. The van der Waals surface area contributed by atoms with Gasteiger partial charge in [-0.05, 0) is 56.7 Å². The van der Waals surface area contributed by atoms with Gasteiger partial charge in [0, 0.05) is 22.8 Å². The first-order valence-electron chi connectivity index (χ1n) is 8.30. The summed E-state index contributed by atoms with van der Waals surface area (Å²) in [6.45, 7) is 7.58. The van der Waals surface area contributed by atoms with Crippen LogP contribution in [0.15, 0.2) is 5.38 Å². The largest absolute Gasteiger partial charge is 0.350 e. The summed E-state index contributed by atoms with van der Waals surface area (Å²) in [7, 11) is 0. The minimum Gasteiger partial charge on any atom is -0.350 e. The summed E-state index contributed by atoms with van der Waals surface area (Å²) in [5.41, 5.74) is 2.28. The Bertz CT molecular complexity index is 511. The average Bonchev–Trinajstić information content (AvgIpc) is 3.10. The van der Waals surface area contributed by atoms with Crippen LogP contribution in [0.2, 0.25) is 0 Å². The Labute approximate surface area is 131 Å². The molecule has 0 radical (unpaired) electrons. The summed E-state index contributed by atoms with van der Waals surface area (Å²) < 4.78 is 0. The van der Waals surface area contributed by atoms with Crippen molar-refractivity contribution in [1.29, 1.82) is 0 Å². The molecule has 0 bridgehead atoms. The van der Waals surface area contributed by atoms with E-state index in [2.05, 4.69) is 29.4 Å². The number of likely N-dealkylation sites (N-methyl/N-ethyl adjacent to an activating group) is 1. The average molecular weight is 306 g/mol. The molecule has 1 N–H and O–H groups in total. The molecule has 1 aliphatic carbocycles. The van der Waals surface area contributed by atoms with Crippen LogP contribution in [-0.4, -0.2) is 36.5 Å². The van der Waals surface area contributed by atoms with Crippen molar-refractivity contribution < 1.29 is 4.79 Å². The number of hydrogen-bond acceptors (Lipinski definition) is 3. The minimum atomic E-state index is 0.144. The second kappa shape index (κ2) is 6.49. The molecule has 116 valence electrons. The van der Waals surface area contributed by atoms with Crippen molar-refractivity contribution in [1.82, 2.24) is 10.2 Å². The van der Waals surface area contributed by atoms with Gasteiger partial charge in [-0.25, -0.2) is 0 Å². The number of rotatable bonds is 4. The molecule has 1 aromatic rings. The van der Waals surface area contributed by atoms with E-state index in [1.54, 1.807) is 11.3 Å². The molecule has 0 spiro atoms. The second-order valence-corrected chi connectivity index (χ2v) is 7.50. The van der Waals surface area contributed by atoms with E-state index >= 15 is 0 Å². The molecule has 2 aliphatic rings. The number of fused-ring (bicyclic) bond motifs is 1. The molecule has 1 aliphatic heterocycles. The van der Waals surface area contributed by atoms with Crippen molar-refractivity contribution in [3.63, 3.8) is 0 Å². The van der Waals surface area contributed by atoms with Crippen LogP contribution in [0.1, 0.15) is 53.9 Å². The van der Waals surface area contributed by atoms with Crippen molar-refractivity contribution in [3.05, 3.63) is 21.4 Å². The SMILES string of the molecule is CCN1CCCC1CNC(=O)c1csc2c1CCC(C)C2. The lowest BCUT2D eigenvalue weighted by molar-refractivity contribution is 0.0940. The van der Waals surface area contributed by atoms with E-state index < -0.39 is 0 Å². The first-order valence-corrected chi connectivity index (χ1v) is 9.18. The van der Waals surface area contributed by atoms with Crippen molar-refractivity contribution in [3.8, 4) is 0 Å². The molecule has 1 fully saturated rings. The summed E-state index contributed by atoms with van der Waals surface area (Å²) >= 11 is 1.78. The summed E-state index contributed by atoms with van der Waals surface area (Å²) in [5, 5.41) is 5.25. The minimum absolute atomic E-state index is 0.144. The van der Waals surface area contributed by atoms with Gasteiger partial charge in [0.25, 0.3) is 5.91 Å². The number of nitrogens with zero attached hydrogens (tertiary/aromatic N) is 1. The van der Waals surface area contributed by atoms with E-state index in [1.807, 2.05) is 0 Å².